The summed E-state index contributed by atoms with van der Waals surface area (Å²) in [5, 5.41) is 12.1. The molecule has 2 N–H and O–H groups in total. The molecule has 1 fully saturated rings. The lowest BCUT2D eigenvalue weighted by Crippen LogP contribution is -2.29. The fourth-order valence-electron chi connectivity index (χ4n) is 2.63. The largest absolute Gasteiger partial charge is 0.481 e. The molecule has 1 heterocycles. The average molecular weight is 273 g/mol. The maximum Gasteiger partial charge on any atom is 0.319 e. The molecule has 106 valence electrons. The summed E-state index contributed by atoms with van der Waals surface area (Å²) < 4.78 is 26.0. The van der Waals surface area contributed by atoms with Gasteiger partial charge in [0.05, 0.1) is 12.5 Å². The van der Waals surface area contributed by atoms with Crippen molar-refractivity contribution >= 4 is 5.97 Å². The van der Waals surface area contributed by atoms with Gasteiger partial charge in [-0.25, -0.2) is 4.98 Å². The van der Waals surface area contributed by atoms with Crippen molar-refractivity contribution in [3.8, 4) is 0 Å². The summed E-state index contributed by atoms with van der Waals surface area (Å²) in [6.45, 7) is -1.86. The maximum absolute atomic E-state index is 12.6. The van der Waals surface area contributed by atoms with E-state index in [0.29, 0.717) is 13.0 Å². The topological polar surface area (TPSA) is 67.2 Å². The van der Waals surface area contributed by atoms with Gasteiger partial charge in [0.1, 0.15) is 5.82 Å². The number of alkyl halides is 2. The Bertz CT molecular complexity index is 436. The van der Waals surface area contributed by atoms with Crippen LogP contribution in [-0.2, 0) is 11.3 Å². The van der Waals surface area contributed by atoms with Crippen molar-refractivity contribution in [1.29, 1.82) is 0 Å². The molecule has 2 rings (SSSR count). The second-order valence-corrected chi connectivity index (χ2v) is 4.80. The lowest BCUT2D eigenvalue weighted by Gasteiger charge is -2.16. The molecule has 0 amide bonds. The van der Waals surface area contributed by atoms with Crippen molar-refractivity contribution in [1.82, 2.24) is 14.9 Å². The van der Waals surface area contributed by atoms with E-state index in [4.69, 9.17) is 5.11 Å². The highest BCUT2D eigenvalue weighted by Crippen LogP contribution is 2.31. The molecule has 1 aromatic heterocycles. The first-order valence-electron chi connectivity index (χ1n) is 6.33. The van der Waals surface area contributed by atoms with Crippen LogP contribution in [0.3, 0.4) is 0 Å². The van der Waals surface area contributed by atoms with E-state index in [0.717, 1.165) is 17.4 Å². The Labute approximate surface area is 109 Å². The number of rotatable bonds is 6. The molecule has 0 radical (unpaired) electrons. The van der Waals surface area contributed by atoms with Crippen molar-refractivity contribution in [3.05, 3.63) is 18.2 Å². The molecule has 5 nitrogen and oxygen atoms in total. The number of aromatic nitrogens is 2. The number of aliphatic carboxylic acids is 1. The number of carboxylic acid groups (broad SMARTS) is 1. The van der Waals surface area contributed by atoms with E-state index >= 15 is 0 Å². The molecule has 2 atom stereocenters. The van der Waals surface area contributed by atoms with Crippen LogP contribution in [0.4, 0.5) is 8.78 Å². The van der Waals surface area contributed by atoms with E-state index in [1.54, 1.807) is 0 Å². The molecule has 1 aliphatic carbocycles. The number of nitrogens with one attached hydrogen (secondary N) is 1. The van der Waals surface area contributed by atoms with Crippen LogP contribution in [0.25, 0.3) is 0 Å². The number of nitrogens with zero attached hydrogens (tertiary/aromatic N) is 2. The van der Waals surface area contributed by atoms with Crippen LogP contribution in [0.15, 0.2) is 12.4 Å². The van der Waals surface area contributed by atoms with Gasteiger partial charge < -0.3 is 10.4 Å². The summed E-state index contributed by atoms with van der Waals surface area (Å²) >= 11 is 0. The Kier molecular flexibility index (Phi) is 4.47. The molecular formula is C12H17F2N3O2. The van der Waals surface area contributed by atoms with Gasteiger partial charge >= 0.3 is 12.5 Å². The fraction of sp³-hybridized carbons (Fsp3) is 0.667. The van der Waals surface area contributed by atoms with Crippen LogP contribution in [-0.4, -0.2) is 27.2 Å². The molecule has 2 unspecified atom stereocenters. The van der Waals surface area contributed by atoms with E-state index in [1.807, 2.05) is 0 Å². The molecule has 0 aliphatic heterocycles. The van der Waals surface area contributed by atoms with Gasteiger partial charge in [0.25, 0.3) is 0 Å². The van der Waals surface area contributed by atoms with Crippen LogP contribution < -0.4 is 5.32 Å². The van der Waals surface area contributed by atoms with Gasteiger partial charge in [-0.05, 0) is 25.3 Å². The van der Waals surface area contributed by atoms with Gasteiger partial charge in [-0.15, -0.1) is 0 Å². The van der Waals surface area contributed by atoms with Crippen molar-refractivity contribution in [2.45, 2.75) is 32.4 Å². The molecule has 7 heteroatoms. The van der Waals surface area contributed by atoms with Crippen LogP contribution in [0, 0.1) is 11.8 Å². The van der Waals surface area contributed by atoms with Crippen LogP contribution in [0.1, 0.15) is 31.6 Å². The monoisotopic (exact) mass is 273 g/mol. The summed E-state index contributed by atoms with van der Waals surface area (Å²) in [6.07, 6.45) is 5.05. The number of carboxylic acids is 1. The second-order valence-electron chi connectivity index (χ2n) is 4.80. The molecule has 1 saturated carbocycles. The van der Waals surface area contributed by atoms with E-state index in [-0.39, 0.29) is 24.2 Å². The van der Waals surface area contributed by atoms with E-state index < -0.39 is 12.5 Å². The van der Waals surface area contributed by atoms with Gasteiger partial charge in [-0.3, -0.25) is 9.36 Å². The summed E-state index contributed by atoms with van der Waals surface area (Å²) in [5.41, 5.74) is 0. The number of hydrogen-bond acceptors (Lipinski definition) is 3. The number of halogens is 2. The predicted octanol–water partition coefficient (Wildman–Crippen LogP) is 1.87. The first-order valence-corrected chi connectivity index (χ1v) is 6.33. The molecule has 1 aliphatic rings. The van der Waals surface area contributed by atoms with Crippen molar-refractivity contribution < 1.29 is 18.7 Å². The molecule has 1 aromatic rings. The zero-order chi connectivity index (χ0) is 13.8. The van der Waals surface area contributed by atoms with Crippen molar-refractivity contribution in [3.63, 3.8) is 0 Å². The van der Waals surface area contributed by atoms with E-state index in [1.165, 1.54) is 12.4 Å². The summed E-state index contributed by atoms with van der Waals surface area (Å²) in [7, 11) is 0. The Hall–Kier alpha value is -1.50. The summed E-state index contributed by atoms with van der Waals surface area (Å²) in [4.78, 5) is 14.9. The molecule has 0 saturated heterocycles. The van der Waals surface area contributed by atoms with Crippen molar-refractivity contribution in [2.24, 2.45) is 11.8 Å². The SMILES string of the molecule is O=C(O)C1CCCC1CNCc1nccn1C(F)F. The Balaban J connectivity index is 1.83. The Morgan fingerprint density at radius 1 is 1.58 bits per heavy atom. The standard InChI is InChI=1S/C12H17F2N3O2/c13-12(14)17-5-4-16-10(17)7-15-6-8-2-1-3-9(8)11(18)19/h4-5,8-9,12,15H,1-3,6-7H2,(H,18,19). The minimum atomic E-state index is -2.60. The van der Waals surface area contributed by atoms with Gasteiger partial charge in [-0.1, -0.05) is 6.42 Å². The summed E-state index contributed by atoms with van der Waals surface area (Å²) in [6, 6.07) is 0. The lowest BCUT2D eigenvalue weighted by atomic mass is 9.96. The molecular weight excluding hydrogens is 256 g/mol. The predicted molar refractivity (Wildman–Crippen MR) is 63.7 cm³/mol. The van der Waals surface area contributed by atoms with E-state index in [9.17, 15) is 13.6 Å². The average Bonchev–Trinajstić information content (AvgIpc) is 2.96. The fourth-order valence-corrected chi connectivity index (χ4v) is 2.63. The molecule has 19 heavy (non-hydrogen) atoms. The Morgan fingerprint density at radius 3 is 3.05 bits per heavy atom. The highest BCUT2D eigenvalue weighted by Gasteiger charge is 2.32. The molecule has 0 aromatic carbocycles. The first-order chi connectivity index (χ1) is 9.09. The van der Waals surface area contributed by atoms with Crippen LogP contribution in [0.2, 0.25) is 0 Å². The number of carbonyl (C=O) groups is 1. The highest BCUT2D eigenvalue weighted by atomic mass is 19.3. The summed E-state index contributed by atoms with van der Waals surface area (Å²) in [5.74, 6) is -0.743. The zero-order valence-corrected chi connectivity index (χ0v) is 10.4. The van der Waals surface area contributed by atoms with Gasteiger partial charge in [0.2, 0.25) is 0 Å². The lowest BCUT2D eigenvalue weighted by molar-refractivity contribution is -0.142. The minimum Gasteiger partial charge on any atom is -0.481 e. The smallest absolute Gasteiger partial charge is 0.319 e. The first kappa shape index (κ1) is 13.9. The Morgan fingerprint density at radius 2 is 2.37 bits per heavy atom. The van der Waals surface area contributed by atoms with Crippen molar-refractivity contribution in [2.75, 3.05) is 6.54 Å². The molecule has 0 bridgehead atoms. The quantitative estimate of drug-likeness (QED) is 0.830. The number of hydrogen-bond donors (Lipinski definition) is 2. The minimum absolute atomic E-state index is 0.0764. The number of imidazole rings is 1. The maximum atomic E-state index is 12.6. The zero-order valence-electron chi connectivity index (χ0n) is 10.4. The van der Waals surface area contributed by atoms with Gasteiger partial charge in [-0.2, -0.15) is 8.78 Å². The van der Waals surface area contributed by atoms with Crippen LogP contribution >= 0.6 is 0 Å². The van der Waals surface area contributed by atoms with Crippen LogP contribution in [0.5, 0.6) is 0 Å². The third-order valence-electron chi connectivity index (χ3n) is 3.63. The van der Waals surface area contributed by atoms with E-state index in [2.05, 4.69) is 10.3 Å². The van der Waals surface area contributed by atoms with Gasteiger partial charge in [0, 0.05) is 12.4 Å². The van der Waals surface area contributed by atoms with Gasteiger partial charge in [0.15, 0.2) is 0 Å². The third kappa shape index (κ3) is 3.28. The normalized spacial score (nSPS) is 23.1. The highest BCUT2D eigenvalue weighted by molar-refractivity contribution is 5.70. The third-order valence-corrected chi connectivity index (χ3v) is 3.63. The second kappa shape index (κ2) is 6.10. The molecule has 0 spiro atoms.